The van der Waals surface area contributed by atoms with Gasteiger partial charge in [0.1, 0.15) is 9.88 Å². The first-order valence-corrected chi connectivity index (χ1v) is 8.38. The Morgan fingerprint density at radius 1 is 1.38 bits per heavy atom. The third-order valence-corrected chi connectivity index (χ3v) is 5.27. The Labute approximate surface area is 150 Å². The molecule has 1 fully saturated rings. The number of carbonyl (C=O) groups is 1. The van der Waals surface area contributed by atoms with Gasteiger partial charge in [-0.1, -0.05) is 0 Å². The number of benzene rings is 1. The first-order chi connectivity index (χ1) is 11.2. The van der Waals surface area contributed by atoms with Crippen molar-refractivity contribution in [1.29, 1.82) is 0 Å². The van der Waals surface area contributed by atoms with Crippen molar-refractivity contribution >= 4 is 29.7 Å². The van der Waals surface area contributed by atoms with E-state index >= 15 is 0 Å². The van der Waals surface area contributed by atoms with Crippen molar-refractivity contribution in [2.75, 3.05) is 26.9 Å². The molecule has 3 heterocycles. The summed E-state index contributed by atoms with van der Waals surface area (Å²) >= 11 is 1.41. The maximum Gasteiger partial charge on any atom is 0.265 e. The summed E-state index contributed by atoms with van der Waals surface area (Å²) in [6.45, 7) is 2.07. The van der Waals surface area contributed by atoms with Gasteiger partial charge in [-0.3, -0.25) is 4.79 Å². The van der Waals surface area contributed by atoms with Crippen LogP contribution >= 0.6 is 23.7 Å². The molecule has 1 unspecified atom stereocenters. The second-order valence-electron chi connectivity index (χ2n) is 5.66. The second-order valence-corrected chi connectivity index (χ2v) is 6.69. The van der Waals surface area contributed by atoms with Crippen molar-refractivity contribution in [2.45, 2.75) is 12.5 Å². The van der Waals surface area contributed by atoms with Gasteiger partial charge in [0, 0.05) is 25.2 Å². The van der Waals surface area contributed by atoms with E-state index in [9.17, 15) is 4.79 Å². The van der Waals surface area contributed by atoms with E-state index in [1.54, 1.807) is 6.20 Å². The minimum Gasteiger partial charge on any atom is -0.454 e. The molecule has 128 valence electrons. The third-order valence-electron chi connectivity index (χ3n) is 4.24. The van der Waals surface area contributed by atoms with Crippen LogP contribution in [0.25, 0.3) is 10.6 Å². The molecule has 1 amide bonds. The molecule has 1 N–H and O–H groups in total. The summed E-state index contributed by atoms with van der Waals surface area (Å²) in [5.74, 6) is 1.50. The molecule has 2 aromatic rings. The summed E-state index contributed by atoms with van der Waals surface area (Å²) in [5, 5.41) is 4.09. The molecule has 4 rings (SSSR count). The zero-order valence-corrected chi connectivity index (χ0v) is 14.8. The van der Waals surface area contributed by atoms with E-state index in [2.05, 4.69) is 10.3 Å². The molecule has 8 heteroatoms. The van der Waals surface area contributed by atoms with Crippen LogP contribution in [0.2, 0.25) is 0 Å². The highest BCUT2D eigenvalue weighted by Crippen LogP contribution is 2.37. The van der Waals surface area contributed by atoms with Gasteiger partial charge in [0.2, 0.25) is 6.79 Å². The van der Waals surface area contributed by atoms with Gasteiger partial charge in [0.25, 0.3) is 5.91 Å². The van der Waals surface area contributed by atoms with Crippen LogP contribution in [0, 0.1) is 0 Å². The van der Waals surface area contributed by atoms with E-state index in [-0.39, 0.29) is 31.1 Å². The van der Waals surface area contributed by atoms with Gasteiger partial charge in [-0.2, -0.15) is 0 Å². The molecule has 0 spiro atoms. The van der Waals surface area contributed by atoms with Crippen LogP contribution in [0.1, 0.15) is 16.1 Å². The SMILES string of the molecule is CN(C(=O)c1cnc(-c2ccc3c(c2)OCO3)s1)C1CCNC1.Cl. The predicted molar refractivity (Wildman–Crippen MR) is 94.3 cm³/mol. The monoisotopic (exact) mass is 367 g/mol. The number of ether oxygens (including phenoxy) is 2. The number of aromatic nitrogens is 1. The average molecular weight is 368 g/mol. The number of likely N-dealkylation sites (N-methyl/N-ethyl adjacent to an activating group) is 1. The number of fused-ring (bicyclic) bond motifs is 1. The predicted octanol–water partition coefficient (Wildman–Crippen LogP) is 2.39. The molecular formula is C16H18ClN3O3S. The normalized spacial score (nSPS) is 18.3. The van der Waals surface area contributed by atoms with Crippen LogP contribution < -0.4 is 14.8 Å². The largest absolute Gasteiger partial charge is 0.454 e. The molecule has 0 saturated carbocycles. The molecule has 1 aromatic carbocycles. The number of thiazole rings is 1. The fourth-order valence-corrected chi connectivity index (χ4v) is 3.74. The Bertz CT molecular complexity index is 746. The van der Waals surface area contributed by atoms with E-state index in [4.69, 9.17) is 9.47 Å². The van der Waals surface area contributed by atoms with E-state index in [1.165, 1.54) is 11.3 Å². The molecule has 0 bridgehead atoms. The van der Waals surface area contributed by atoms with Gasteiger partial charge in [-0.05, 0) is 31.2 Å². The van der Waals surface area contributed by atoms with Crippen molar-refractivity contribution in [2.24, 2.45) is 0 Å². The maximum absolute atomic E-state index is 12.6. The van der Waals surface area contributed by atoms with E-state index < -0.39 is 0 Å². The Hall–Kier alpha value is -1.83. The zero-order valence-electron chi connectivity index (χ0n) is 13.2. The molecule has 1 atom stereocenters. The van der Waals surface area contributed by atoms with E-state index in [0.717, 1.165) is 41.6 Å². The molecule has 24 heavy (non-hydrogen) atoms. The van der Waals surface area contributed by atoms with Crippen molar-refractivity contribution < 1.29 is 14.3 Å². The number of carbonyl (C=O) groups excluding carboxylic acids is 1. The summed E-state index contributed by atoms with van der Waals surface area (Å²) in [6.07, 6.45) is 2.65. The average Bonchev–Trinajstić information content (AvgIpc) is 3.33. The lowest BCUT2D eigenvalue weighted by Crippen LogP contribution is -2.37. The number of hydrogen-bond acceptors (Lipinski definition) is 6. The van der Waals surface area contributed by atoms with Crippen LogP contribution in [0.4, 0.5) is 0 Å². The summed E-state index contributed by atoms with van der Waals surface area (Å²) in [5.41, 5.74) is 0.934. The maximum atomic E-state index is 12.6. The quantitative estimate of drug-likeness (QED) is 0.902. The van der Waals surface area contributed by atoms with Crippen LogP contribution in [0.3, 0.4) is 0 Å². The summed E-state index contributed by atoms with van der Waals surface area (Å²) in [6, 6.07) is 5.97. The lowest BCUT2D eigenvalue weighted by atomic mass is 10.2. The standard InChI is InChI=1S/C16H17N3O3S.ClH/c1-19(11-4-5-17-7-11)16(20)14-8-18-15(23-14)10-2-3-12-13(6-10)22-9-21-12;/h2-3,6,8,11,17H,4-5,7,9H2,1H3;1H. The van der Waals surface area contributed by atoms with Crippen LogP contribution in [-0.4, -0.2) is 48.8 Å². The highest BCUT2D eigenvalue weighted by Gasteiger charge is 2.25. The van der Waals surface area contributed by atoms with Crippen LogP contribution in [0.15, 0.2) is 24.4 Å². The van der Waals surface area contributed by atoms with Crippen LogP contribution in [0.5, 0.6) is 11.5 Å². The Morgan fingerprint density at radius 3 is 3.00 bits per heavy atom. The van der Waals surface area contributed by atoms with Crippen molar-refractivity contribution in [3.05, 3.63) is 29.3 Å². The fraction of sp³-hybridized carbons (Fsp3) is 0.375. The Morgan fingerprint density at radius 2 is 2.21 bits per heavy atom. The molecule has 2 aliphatic rings. The summed E-state index contributed by atoms with van der Waals surface area (Å²) in [7, 11) is 1.86. The van der Waals surface area contributed by atoms with Gasteiger partial charge in [-0.15, -0.1) is 23.7 Å². The molecule has 6 nitrogen and oxygen atoms in total. The van der Waals surface area contributed by atoms with Gasteiger partial charge in [-0.25, -0.2) is 4.98 Å². The van der Waals surface area contributed by atoms with E-state index in [0.29, 0.717) is 4.88 Å². The molecule has 0 radical (unpaired) electrons. The van der Waals surface area contributed by atoms with Gasteiger partial charge in [0.05, 0.1) is 6.20 Å². The Kier molecular flexibility index (Phi) is 4.93. The minimum absolute atomic E-state index is 0. The minimum atomic E-state index is 0. The summed E-state index contributed by atoms with van der Waals surface area (Å²) in [4.78, 5) is 19.5. The number of amides is 1. The van der Waals surface area contributed by atoms with Gasteiger partial charge < -0.3 is 19.7 Å². The molecular weight excluding hydrogens is 350 g/mol. The van der Waals surface area contributed by atoms with Crippen molar-refractivity contribution in [3.63, 3.8) is 0 Å². The highest BCUT2D eigenvalue weighted by atomic mass is 35.5. The molecule has 2 aliphatic heterocycles. The van der Waals surface area contributed by atoms with Crippen LogP contribution in [-0.2, 0) is 0 Å². The zero-order chi connectivity index (χ0) is 15.8. The fourth-order valence-electron chi connectivity index (χ4n) is 2.85. The highest BCUT2D eigenvalue weighted by molar-refractivity contribution is 7.16. The van der Waals surface area contributed by atoms with E-state index in [1.807, 2.05) is 30.1 Å². The molecule has 1 aromatic heterocycles. The third kappa shape index (κ3) is 3.07. The topological polar surface area (TPSA) is 63.7 Å². The first kappa shape index (κ1) is 17.0. The van der Waals surface area contributed by atoms with Gasteiger partial charge >= 0.3 is 0 Å². The Balaban J connectivity index is 0.00000169. The smallest absolute Gasteiger partial charge is 0.265 e. The number of hydrogen-bond donors (Lipinski definition) is 1. The van der Waals surface area contributed by atoms with Crippen molar-refractivity contribution in [1.82, 2.24) is 15.2 Å². The van der Waals surface area contributed by atoms with Crippen molar-refractivity contribution in [3.8, 4) is 22.1 Å². The number of rotatable bonds is 3. The number of halogens is 1. The summed E-state index contributed by atoms with van der Waals surface area (Å²) < 4.78 is 10.7. The first-order valence-electron chi connectivity index (χ1n) is 7.56. The van der Waals surface area contributed by atoms with Gasteiger partial charge in [0.15, 0.2) is 11.5 Å². The number of nitrogens with one attached hydrogen (secondary N) is 1. The number of nitrogens with zero attached hydrogens (tertiary/aromatic N) is 2. The lowest BCUT2D eigenvalue weighted by Gasteiger charge is -2.22. The lowest BCUT2D eigenvalue weighted by molar-refractivity contribution is 0.0748. The molecule has 0 aliphatic carbocycles. The second kappa shape index (κ2) is 6.96. The molecule has 1 saturated heterocycles.